The van der Waals surface area contributed by atoms with E-state index in [0.29, 0.717) is 28.7 Å². The molecule has 0 amide bonds. The number of hydrogen-bond acceptors (Lipinski definition) is 5. The van der Waals surface area contributed by atoms with Gasteiger partial charge in [0.05, 0.1) is 11.3 Å². The van der Waals surface area contributed by atoms with Gasteiger partial charge in [-0.05, 0) is 18.2 Å². The molecule has 1 heterocycles. The van der Waals surface area contributed by atoms with Crippen molar-refractivity contribution >= 4 is 17.7 Å². The molecular formula is C13H12FNO4S. The molecule has 0 bridgehead atoms. The Morgan fingerprint density at radius 1 is 1.50 bits per heavy atom. The number of nitrogens with zero attached hydrogens (tertiary/aromatic N) is 1. The van der Waals surface area contributed by atoms with Gasteiger partial charge < -0.3 is 14.4 Å². The lowest BCUT2D eigenvalue weighted by molar-refractivity contribution is 0.0691. The maximum Gasteiger partial charge on any atom is 0.338 e. The highest BCUT2D eigenvalue weighted by molar-refractivity contribution is 7.98. The molecule has 0 spiro atoms. The molecular weight excluding hydrogens is 285 g/mol. The molecule has 0 saturated carbocycles. The Morgan fingerprint density at radius 3 is 3.00 bits per heavy atom. The van der Waals surface area contributed by atoms with E-state index < -0.39 is 11.8 Å². The molecule has 0 radical (unpaired) electrons. The number of methoxy groups -OCH3 is 1. The minimum absolute atomic E-state index is 0.338. The fourth-order valence-electron chi connectivity index (χ4n) is 1.55. The maximum atomic E-state index is 13.2. The highest BCUT2D eigenvalue weighted by Gasteiger charge is 2.11. The van der Waals surface area contributed by atoms with Gasteiger partial charge in [-0.1, -0.05) is 5.16 Å². The second-order valence-electron chi connectivity index (χ2n) is 3.95. The number of aromatic nitrogens is 1. The second kappa shape index (κ2) is 6.53. The average Bonchev–Trinajstić information content (AvgIpc) is 2.86. The summed E-state index contributed by atoms with van der Waals surface area (Å²) in [6.07, 6.45) is 0. The number of carbonyl (C=O) groups is 1. The molecule has 106 valence electrons. The van der Waals surface area contributed by atoms with Gasteiger partial charge in [-0.25, -0.2) is 9.18 Å². The number of benzene rings is 1. The molecule has 0 atom stereocenters. The largest absolute Gasteiger partial charge is 0.478 e. The molecule has 5 nitrogen and oxygen atoms in total. The van der Waals surface area contributed by atoms with E-state index in [-0.39, 0.29) is 5.56 Å². The first-order valence-electron chi connectivity index (χ1n) is 5.69. The van der Waals surface area contributed by atoms with Crippen LogP contribution in [-0.4, -0.2) is 23.3 Å². The molecule has 20 heavy (non-hydrogen) atoms. The molecule has 0 aliphatic heterocycles. The van der Waals surface area contributed by atoms with Crippen molar-refractivity contribution in [2.45, 2.75) is 17.3 Å². The van der Waals surface area contributed by atoms with Crippen molar-refractivity contribution in [3.63, 3.8) is 0 Å². The number of halogens is 1. The summed E-state index contributed by atoms with van der Waals surface area (Å²) in [6.45, 7) is 0.345. The summed E-state index contributed by atoms with van der Waals surface area (Å²) in [5, 5.41) is 12.7. The Hall–Kier alpha value is -1.86. The summed E-state index contributed by atoms with van der Waals surface area (Å²) in [5.74, 6) is -0.911. The van der Waals surface area contributed by atoms with E-state index in [1.165, 1.54) is 23.9 Å². The van der Waals surface area contributed by atoms with Gasteiger partial charge >= 0.3 is 5.97 Å². The van der Waals surface area contributed by atoms with Crippen molar-refractivity contribution < 1.29 is 23.6 Å². The molecule has 0 unspecified atom stereocenters. The molecule has 7 heteroatoms. The van der Waals surface area contributed by atoms with E-state index in [9.17, 15) is 9.18 Å². The van der Waals surface area contributed by atoms with Gasteiger partial charge in [-0.3, -0.25) is 0 Å². The van der Waals surface area contributed by atoms with Crippen LogP contribution in [0.5, 0.6) is 0 Å². The van der Waals surface area contributed by atoms with Gasteiger partial charge in [0, 0.05) is 23.8 Å². The van der Waals surface area contributed by atoms with Crippen LogP contribution in [0.15, 0.2) is 33.7 Å². The zero-order chi connectivity index (χ0) is 14.5. The standard InChI is InChI=1S/C13H12FNO4S/c1-18-6-9-4-8(15-19-9)7-20-10-2-3-12(14)11(5-10)13(16)17/h2-5H,6-7H2,1H3,(H,16,17). The van der Waals surface area contributed by atoms with E-state index in [0.717, 1.165) is 6.07 Å². The fraction of sp³-hybridized carbons (Fsp3) is 0.231. The Morgan fingerprint density at radius 2 is 2.30 bits per heavy atom. The summed E-state index contributed by atoms with van der Waals surface area (Å²) in [5.41, 5.74) is 0.374. The summed E-state index contributed by atoms with van der Waals surface area (Å²) in [7, 11) is 1.56. The molecule has 0 aliphatic carbocycles. The van der Waals surface area contributed by atoms with E-state index in [1.54, 1.807) is 13.2 Å². The molecule has 0 aliphatic rings. The van der Waals surface area contributed by atoms with Crippen LogP contribution in [0, 0.1) is 5.82 Å². The quantitative estimate of drug-likeness (QED) is 0.826. The Bertz CT molecular complexity index is 614. The van der Waals surface area contributed by atoms with Crippen molar-refractivity contribution in [2.75, 3.05) is 7.11 Å². The summed E-state index contributed by atoms with van der Waals surface area (Å²) in [4.78, 5) is 11.5. The summed E-state index contributed by atoms with van der Waals surface area (Å²) in [6, 6.07) is 5.74. The minimum Gasteiger partial charge on any atom is -0.478 e. The third-order valence-corrected chi connectivity index (χ3v) is 3.48. The molecule has 0 fully saturated rings. The van der Waals surface area contributed by atoms with Crippen LogP contribution in [0.25, 0.3) is 0 Å². The van der Waals surface area contributed by atoms with Gasteiger partial charge in [-0.15, -0.1) is 11.8 Å². The fourth-order valence-corrected chi connectivity index (χ4v) is 2.37. The third-order valence-electron chi connectivity index (χ3n) is 2.45. The molecule has 2 aromatic rings. The van der Waals surface area contributed by atoms with Crippen LogP contribution in [0.3, 0.4) is 0 Å². The zero-order valence-corrected chi connectivity index (χ0v) is 11.4. The lowest BCUT2D eigenvalue weighted by Crippen LogP contribution is -2.00. The highest BCUT2D eigenvalue weighted by Crippen LogP contribution is 2.25. The first-order valence-corrected chi connectivity index (χ1v) is 6.67. The number of rotatable bonds is 6. The van der Waals surface area contributed by atoms with E-state index in [4.69, 9.17) is 14.4 Å². The van der Waals surface area contributed by atoms with Crippen molar-refractivity contribution in [1.29, 1.82) is 0 Å². The lowest BCUT2D eigenvalue weighted by atomic mass is 10.2. The van der Waals surface area contributed by atoms with Crippen LogP contribution >= 0.6 is 11.8 Å². The van der Waals surface area contributed by atoms with Crippen LogP contribution in [0.1, 0.15) is 21.8 Å². The SMILES string of the molecule is COCc1cc(CSc2ccc(F)c(C(=O)O)c2)no1. The van der Waals surface area contributed by atoms with Gasteiger partial charge in [0.15, 0.2) is 5.76 Å². The molecule has 2 rings (SSSR count). The number of carboxylic acids is 1. The number of hydrogen-bond donors (Lipinski definition) is 1. The van der Waals surface area contributed by atoms with Gasteiger partial charge in [-0.2, -0.15) is 0 Å². The predicted octanol–water partition coefficient (Wildman–Crippen LogP) is 2.95. The van der Waals surface area contributed by atoms with Gasteiger partial charge in [0.2, 0.25) is 0 Å². The first kappa shape index (κ1) is 14.5. The zero-order valence-electron chi connectivity index (χ0n) is 10.6. The average molecular weight is 297 g/mol. The number of ether oxygens (including phenoxy) is 1. The Labute approximate surface area is 118 Å². The number of aromatic carboxylic acids is 1. The van der Waals surface area contributed by atoms with Crippen LogP contribution in [0.4, 0.5) is 4.39 Å². The smallest absolute Gasteiger partial charge is 0.338 e. The van der Waals surface area contributed by atoms with Crippen molar-refractivity contribution in [1.82, 2.24) is 5.16 Å². The highest BCUT2D eigenvalue weighted by atomic mass is 32.2. The maximum absolute atomic E-state index is 13.2. The molecule has 0 saturated heterocycles. The normalized spacial score (nSPS) is 10.7. The molecule has 1 aromatic heterocycles. The van der Waals surface area contributed by atoms with Crippen LogP contribution in [-0.2, 0) is 17.1 Å². The van der Waals surface area contributed by atoms with Gasteiger partial charge in [0.1, 0.15) is 12.4 Å². The van der Waals surface area contributed by atoms with E-state index in [1.807, 2.05) is 0 Å². The van der Waals surface area contributed by atoms with Crippen LogP contribution < -0.4 is 0 Å². The predicted molar refractivity (Wildman–Crippen MR) is 70.1 cm³/mol. The summed E-state index contributed by atoms with van der Waals surface area (Å²) >= 11 is 1.35. The topological polar surface area (TPSA) is 72.6 Å². The van der Waals surface area contributed by atoms with Gasteiger partial charge in [0.25, 0.3) is 0 Å². The molecule has 1 aromatic carbocycles. The van der Waals surface area contributed by atoms with Crippen LogP contribution in [0.2, 0.25) is 0 Å². The Kier molecular flexibility index (Phi) is 4.75. The monoisotopic (exact) mass is 297 g/mol. The first-order chi connectivity index (χ1) is 9.60. The van der Waals surface area contributed by atoms with Crippen molar-refractivity contribution in [3.05, 3.63) is 47.1 Å². The number of carboxylic acid groups (broad SMARTS) is 1. The van der Waals surface area contributed by atoms with E-state index in [2.05, 4.69) is 5.16 Å². The number of thioether (sulfide) groups is 1. The second-order valence-corrected chi connectivity index (χ2v) is 5.00. The third kappa shape index (κ3) is 3.58. The Balaban J connectivity index is 2.03. The minimum atomic E-state index is -1.28. The lowest BCUT2D eigenvalue weighted by Gasteiger charge is -2.02. The molecule has 1 N–H and O–H groups in total. The van der Waals surface area contributed by atoms with Crippen molar-refractivity contribution in [3.8, 4) is 0 Å². The van der Waals surface area contributed by atoms with E-state index >= 15 is 0 Å². The summed E-state index contributed by atoms with van der Waals surface area (Å²) < 4.78 is 23.2. The van der Waals surface area contributed by atoms with Crippen molar-refractivity contribution in [2.24, 2.45) is 0 Å².